The molecule has 0 saturated heterocycles. The van der Waals surface area contributed by atoms with Crippen molar-refractivity contribution in [2.24, 2.45) is 5.41 Å². The zero-order valence-corrected chi connectivity index (χ0v) is 13.2. The van der Waals surface area contributed by atoms with Crippen molar-refractivity contribution in [3.63, 3.8) is 0 Å². The van der Waals surface area contributed by atoms with Crippen LogP contribution < -0.4 is 5.32 Å². The molecule has 2 atom stereocenters. The average Bonchev–Trinajstić information content (AvgIpc) is 2.74. The normalized spacial score (nSPS) is 24.9. The maximum absolute atomic E-state index is 12.9. The number of hydrogen-bond acceptors (Lipinski definition) is 5. The number of nitro groups is 1. The van der Waals surface area contributed by atoms with Gasteiger partial charge in [-0.05, 0) is 31.4 Å². The molecule has 0 aromatic heterocycles. The van der Waals surface area contributed by atoms with Crippen LogP contribution in [0.25, 0.3) is 0 Å². The van der Waals surface area contributed by atoms with E-state index < -0.39 is 20.0 Å². The van der Waals surface area contributed by atoms with Crippen LogP contribution in [0.1, 0.15) is 26.7 Å². The van der Waals surface area contributed by atoms with Gasteiger partial charge < -0.3 is 5.32 Å². The van der Waals surface area contributed by atoms with Gasteiger partial charge in [0.15, 0.2) is 9.84 Å². The molecule has 0 bridgehead atoms. The number of nitrogens with zero attached hydrogens (tertiary/aromatic N) is 1. The van der Waals surface area contributed by atoms with Crippen LogP contribution in [0, 0.1) is 15.5 Å². The molecule has 0 spiro atoms. The van der Waals surface area contributed by atoms with Gasteiger partial charge in [-0.1, -0.05) is 26.0 Å². The molecule has 116 valence electrons. The number of benzene rings is 1. The minimum atomic E-state index is -3.75. The van der Waals surface area contributed by atoms with Gasteiger partial charge in [-0.25, -0.2) is 8.42 Å². The summed E-state index contributed by atoms with van der Waals surface area (Å²) < 4.78 is 25.7. The van der Waals surface area contributed by atoms with E-state index in [4.69, 9.17) is 0 Å². The molecule has 7 heteroatoms. The molecule has 1 aromatic rings. The maximum Gasteiger partial charge on any atom is 0.287 e. The van der Waals surface area contributed by atoms with E-state index in [2.05, 4.69) is 5.32 Å². The van der Waals surface area contributed by atoms with Gasteiger partial charge in [0, 0.05) is 12.1 Å². The number of nitro benzene ring substituents is 1. The van der Waals surface area contributed by atoms with Crippen LogP contribution in [0.2, 0.25) is 0 Å². The Labute approximate surface area is 124 Å². The van der Waals surface area contributed by atoms with E-state index in [0.29, 0.717) is 6.42 Å². The molecule has 0 radical (unpaired) electrons. The van der Waals surface area contributed by atoms with Crippen LogP contribution in [0.15, 0.2) is 29.2 Å². The molecule has 0 heterocycles. The number of hydrogen-bond donors (Lipinski definition) is 1. The van der Waals surface area contributed by atoms with Gasteiger partial charge in [-0.2, -0.15) is 0 Å². The predicted octanol–water partition coefficient (Wildman–Crippen LogP) is 2.15. The Bertz CT molecular complexity index is 655. The lowest BCUT2D eigenvalue weighted by atomic mass is 9.87. The lowest BCUT2D eigenvalue weighted by Gasteiger charge is -2.30. The summed E-state index contributed by atoms with van der Waals surface area (Å²) >= 11 is 0. The Morgan fingerprint density at radius 3 is 2.52 bits per heavy atom. The van der Waals surface area contributed by atoms with Crippen LogP contribution in [0.4, 0.5) is 5.69 Å². The SMILES string of the molecule is CNC1C(S(=O)(=O)c2ccccc2[N+](=O)[O-])CCC1(C)C. The average molecular weight is 312 g/mol. The highest BCUT2D eigenvalue weighted by Crippen LogP contribution is 2.43. The largest absolute Gasteiger partial charge is 0.315 e. The van der Waals surface area contributed by atoms with E-state index in [1.165, 1.54) is 24.3 Å². The minimum Gasteiger partial charge on any atom is -0.315 e. The fraction of sp³-hybridized carbons (Fsp3) is 0.571. The minimum absolute atomic E-state index is 0.157. The van der Waals surface area contributed by atoms with Crippen LogP contribution in [0.3, 0.4) is 0 Å². The summed E-state index contributed by atoms with van der Waals surface area (Å²) in [7, 11) is -2.02. The first-order chi connectivity index (χ1) is 9.71. The highest BCUT2D eigenvalue weighted by molar-refractivity contribution is 7.92. The molecule has 1 fully saturated rings. The number of para-hydroxylation sites is 1. The third-order valence-electron chi connectivity index (χ3n) is 4.36. The van der Waals surface area contributed by atoms with Gasteiger partial charge in [-0.15, -0.1) is 0 Å². The summed E-state index contributed by atoms with van der Waals surface area (Å²) in [4.78, 5) is 10.3. The standard InChI is InChI=1S/C14H20N2O4S/c1-14(2)9-8-12(13(14)15-3)21(19,20)11-7-5-4-6-10(11)16(17)18/h4-7,12-13,15H,8-9H2,1-3H3. The van der Waals surface area contributed by atoms with Crippen molar-refractivity contribution >= 4 is 15.5 Å². The van der Waals surface area contributed by atoms with Crippen molar-refractivity contribution in [3.8, 4) is 0 Å². The smallest absolute Gasteiger partial charge is 0.287 e. The summed E-state index contributed by atoms with van der Waals surface area (Å²) in [5, 5.41) is 13.5. The zero-order valence-electron chi connectivity index (χ0n) is 12.4. The molecular formula is C14H20N2O4S. The topological polar surface area (TPSA) is 89.3 Å². The summed E-state index contributed by atoms with van der Waals surface area (Å²) in [6.45, 7) is 4.03. The molecule has 1 aromatic carbocycles. The van der Waals surface area contributed by atoms with Crippen molar-refractivity contribution < 1.29 is 13.3 Å². The lowest BCUT2D eigenvalue weighted by Crippen LogP contribution is -2.45. The van der Waals surface area contributed by atoms with Gasteiger partial charge in [0.25, 0.3) is 5.69 Å². The molecule has 1 aliphatic carbocycles. The van der Waals surface area contributed by atoms with Crippen molar-refractivity contribution in [1.82, 2.24) is 5.32 Å². The molecule has 1 aliphatic rings. The third kappa shape index (κ3) is 2.67. The molecule has 0 amide bonds. The Balaban J connectivity index is 2.51. The van der Waals surface area contributed by atoms with Crippen molar-refractivity contribution in [1.29, 1.82) is 0 Å². The Hall–Kier alpha value is -1.47. The van der Waals surface area contributed by atoms with E-state index in [9.17, 15) is 18.5 Å². The van der Waals surface area contributed by atoms with Gasteiger partial charge in [0.1, 0.15) is 4.90 Å². The molecule has 1 N–H and O–H groups in total. The molecular weight excluding hydrogens is 292 g/mol. The van der Waals surface area contributed by atoms with Crippen molar-refractivity contribution in [3.05, 3.63) is 34.4 Å². The first-order valence-electron chi connectivity index (χ1n) is 6.86. The number of nitrogens with one attached hydrogen (secondary N) is 1. The van der Waals surface area contributed by atoms with Gasteiger partial charge in [0.05, 0.1) is 10.2 Å². The highest BCUT2D eigenvalue weighted by Gasteiger charge is 2.48. The second kappa shape index (κ2) is 5.38. The molecule has 1 saturated carbocycles. The molecule has 21 heavy (non-hydrogen) atoms. The second-order valence-corrected chi connectivity index (χ2v) is 8.24. The second-order valence-electron chi connectivity index (χ2n) is 6.10. The van der Waals surface area contributed by atoms with E-state index in [1.54, 1.807) is 7.05 Å². The fourth-order valence-corrected chi connectivity index (χ4v) is 5.58. The number of rotatable bonds is 4. The first kappa shape index (κ1) is 15.9. The fourth-order valence-electron chi connectivity index (χ4n) is 3.26. The zero-order chi connectivity index (χ0) is 15.8. The molecule has 0 aliphatic heterocycles. The van der Waals surface area contributed by atoms with Crippen LogP contribution in [-0.4, -0.2) is 31.7 Å². The van der Waals surface area contributed by atoms with Crippen molar-refractivity contribution in [2.75, 3.05) is 7.05 Å². The maximum atomic E-state index is 12.9. The molecule has 2 unspecified atom stereocenters. The molecule has 6 nitrogen and oxygen atoms in total. The summed E-state index contributed by atoms with van der Waals surface area (Å²) in [6, 6.07) is 5.34. The highest BCUT2D eigenvalue weighted by atomic mass is 32.2. The summed E-state index contributed by atoms with van der Waals surface area (Å²) in [5.41, 5.74) is -0.507. The lowest BCUT2D eigenvalue weighted by molar-refractivity contribution is -0.387. The quantitative estimate of drug-likeness (QED) is 0.679. The third-order valence-corrected chi connectivity index (χ3v) is 6.63. The van der Waals surface area contributed by atoms with E-state index in [0.717, 1.165) is 6.42 Å². The van der Waals surface area contributed by atoms with E-state index >= 15 is 0 Å². The van der Waals surface area contributed by atoms with E-state index in [-0.39, 0.29) is 22.0 Å². The van der Waals surface area contributed by atoms with Crippen LogP contribution in [0.5, 0.6) is 0 Å². The van der Waals surface area contributed by atoms with E-state index in [1.807, 2.05) is 13.8 Å². The van der Waals surface area contributed by atoms with Gasteiger partial charge in [0.2, 0.25) is 0 Å². The summed E-state index contributed by atoms with van der Waals surface area (Å²) in [5.74, 6) is 0. The van der Waals surface area contributed by atoms with Gasteiger partial charge in [-0.3, -0.25) is 10.1 Å². The van der Waals surface area contributed by atoms with Crippen molar-refractivity contribution in [2.45, 2.75) is 42.9 Å². The Morgan fingerprint density at radius 1 is 1.33 bits per heavy atom. The number of sulfone groups is 1. The molecule has 2 rings (SSSR count). The Morgan fingerprint density at radius 2 is 1.95 bits per heavy atom. The van der Waals surface area contributed by atoms with Gasteiger partial charge >= 0.3 is 0 Å². The summed E-state index contributed by atoms with van der Waals surface area (Å²) in [6.07, 6.45) is 1.27. The van der Waals surface area contributed by atoms with Crippen LogP contribution in [-0.2, 0) is 9.84 Å². The van der Waals surface area contributed by atoms with Crippen LogP contribution >= 0.6 is 0 Å². The Kier molecular flexibility index (Phi) is 4.08. The predicted molar refractivity (Wildman–Crippen MR) is 79.9 cm³/mol. The monoisotopic (exact) mass is 312 g/mol. The first-order valence-corrected chi connectivity index (χ1v) is 8.41.